The van der Waals surface area contributed by atoms with Gasteiger partial charge in [-0.15, -0.1) is 0 Å². The van der Waals surface area contributed by atoms with Crippen LogP contribution >= 0.6 is 45.5 Å². The number of rotatable bonds is 5. The summed E-state index contributed by atoms with van der Waals surface area (Å²) < 4.78 is 4.11. The van der Waals surface area contributed by atoms with Crippen molar-refractivity contribution in [3.05, 3.63) is 0 Å². The fraction of sp³-hybridized carbons (Fsp3) is 1.00. The average Bonchev–Trinajstić information content (AvgIpc) is 1.81. The SMILES string of the molecule is ICCCCNNI. The largest absolute Gasteiger partial charge is 0.249 e. The number of hydrazine groups is 1. The molecule has 0 aliphatic carbocycles. The van der Waals surface area contributed by atoms with Crippen molar-refractivity contribution in [1.29, 1.82) is 0 Å². The highest BCUT2D eigenvalue weighted by molar-refractivity contribution is 14.1. The van der Waals surface area contributed by atoms with Gasteiger partial charge >= 0.3 is 0 Å². The van der Waals surface area contributed by atoms with E-state index in [1.807, 2.05) is 0 Å². The van der Waals surface area contributed by atoms with Crippen molar-refractivity contribution in [2.75, 3.05) is 11.0 Å². The molecule has 2 N–H and O–H groups in total. The lowest BCUT2D eigenvalue weighted by Gasteiger charge is -1.97. The van der Waals surface area contributed by atoms with Crippen LogP contribution in [0, 0.1) is 0 Å². The maximum absolute atomic E-state index is 3.02. The number of hydrogen-bond donors (Lipinski definition) is 2. The van der Waals surface area contributed by atoms with E-state index in [0.717, 1.165) is 6.54 Å². The van der Waals surface area contributed by atoms with Crippen molar-refractivity contribution in [3.8, 4) is 0 Å². The lowest BCUT2D eigenvalue weighted by atomic mass is 10.3. The van der Waals surface area contributed by atoms with E-state index < -0.39 is 0 Å². The first-order chi connectivity index (χ1) is 3.91. The summed E-state index contributed by atoms with van der Waals surface area (Å²) in [6, 6.07) is 0. The molecule has 0 aliphatic heterocycles. The Balaban J connectivity index is 2.53. The second-order valence-electron chi connectivity index (χ2n) is 1.42. The van der Waals surface area contributed by atoms with Gasteiger partial charge in [0.15, 0.2) is 0 Å². The average molecular weight is 340 g/mol. The van der Waals surface area contributed by atoms with Crippen molar-refractivity contribution in [1.82, 2.24) is 9.06 Å². The second kappa shape index (κ2) is 8.38. The Morgan fingerprint density at radius 3 is 2.50 bits per heavy atom. The molecule has 0 amide bonds. The number of alkyl halides is 1. The van der Waals surface area contributed by atoms with Crippen LogP contribution in [0.1, 0.15) is 12.8 Å². The maximum Gasteiger partial charge on any atom is 0.0334 e. The van der Waals surface area contributed by atoms with E-state index in [9.17, 15) is 0 Å². The summed E-state index contributed by atoms with van der Waals surface area (Å²) in [6.45, 7) is 1.08. The van der Waals surface area contributed by atoms with Crippen LogP contribution < -0.4 is 9.06 Å². The summed E-state index contributed by atoms with van der Waals surface area (Å²) in [5, 5.41) is 0. The van der Waals surface area contributed by atoms with Crippen LogP contribution in [0.3, 0.4) is 0 Å². The normalized spacial score (nSPS) is 9.75. The third-order valence-electron chi connectivity index (χ3n) is 0.752. The summed E-state index contributed by atoms with van der Waals surface area (Å²) >= 11 is 4.47. The highest BCUT2D eigenvalue weighted by atomic mass is 127. The first-order valence-electron chi connectivity index (χ1n) is 2.56. The molecule has 50 valence electrons. The van der Waals surface area contributed by atoms with E-state index in [1.165, 1.54) is 17.3 Å². The van der Waals surface area contributed by atoms with E-state index in [1.54, 1.807) is 0 Å². The van der Waals surface area contributed by atoms with E-state index in [2.05, 4.69) is 54.5 Å². The zero-order chi connectivity index (χ0) is 6.24. The molecule has 0 aromatic rings. The van der Waals surface area contributed by atoms with Gasteiger partial charge in [-0.25, -0.2) is 5.43 Å². The molecule has 0 radical (unpaired) electrons. The summed E-state index contributed by atoms with van der Waals surface area (Å²) in [5.74, 6) is 0. The lowest BCUT2D eigenvalue weighted by molar-refractivity contribution is 0.652. The highest BCUT2D eigenvalue weighted by Crippen LogP contribution is 1.91. The fourth-order valence-electron chi connectivity index (χ4n) is 0.355. The minimum atomic E-state index is 1.08. The molecule has 8 heavy (non-hydrogen) atoms. The van der Waals surface area contributed by atoms with Crippen LogP contribution in [0.25, 0.3) is 0 Å². The predicted molar refractivity (Wildman–Crippen MR) is 53.3 cm³/mol. The highest BCUT2D eigenvalue weighted by Gasteiger charge is 1.82. The van der Waals surface area contributed by atoms with Crippen LogP contribution in [-0.2, 0) is 0 Å². The molecule has 0 spiro atoms. The van der Waals surface area contributed by atoms with Crippen molar-refractivity contribution in [2.45, 2.75) is 12.8 Å². The molecule has 0 atom stereocenters. The van der Waals surface area contributed by atoms with E-state index in [4.69, 9.17) is 0 Å². The van der Waals surface area contributed by atoms with Gasteiger partial charge in [-0.1, -0.05) is 22.6 Å². The maximum atomic E-state index is 3.02. The Hall–Kier alpha value is 1.38. The van der Waals surface area contributed by atoms with Gasteiger partial charge in [-0.3, -0.25) is 0 Å². The van der Waals surface area contributed by atoms with E-state index >= 15 is 0 Å². The van der Waals surface area contributed by atoms with Gasteiger partial charge < -0.3 is 0 Å². The molecule has 4 heteroatoms. The smallest absolute Gasteiger partial charge is 0.0334 e. The molecule has 0 bridgehead atoms. The van der Waals surface area contributed by atoms with Gasteiger partial charge in [-0.2, -0.15) is 3.64 Å². The fourth-order valence-corrected chi connectivity index (χ4v) is 1.16. The summed E-state index contributed by atoms with van der Waals surface area (Å²) in [5.41, 5.74) is 3.02. The Kier molecular flexibility index (Phi) is 9.83. The molecular weight excluding hydrogens is 330 g/mol. The molecule has 0 aromatic heterocycles. The van der Waals surface area contributed by atoms with Gasteiger partial charge in [0.05, 0.1) is 0 Å². The minimum Gasteiger partial charge on any atom is -0.249 e. The molecule has 0 heterocycles. The molecule has 0 unspecified atom stereocenters. The van der Waals surface area contributed by atoms with Crippen molar-refractivity contribution >= 4 is 45.5 Å². The van der Waals surface area contributed by atoms with Gasteiger partial charge in [0.25, 0.3) is 0 Å². The second-order valence-corrected chi connectivity index (χ2v) is 3.04. The number of halogens is 2. The zero-order valence-corrected chi connectivity index (χ0v) is 8.90. The molecule has 0 aliphatic rings. The summed E-state index contributed by atoms with van der Waals surface area (Å²) in [4.78, 5) is 0. The van der Waals surface area contributed by atoms with Crippen LogP contribution in [0.4, 0.5) is 0 Å². The predicted octanol–water partition coefficient (Wildman–Crippen LogP) is 1.65. The van der Waals surface area contributed by atoms with Crippen molar-refractivity contribution < 1.29 is 0 Å². The lowest BCUT2D eigenvalue weighted by Crippen LogP contribution is -2.23. The summed E-state index contributed by atoms with van der Waals surface area (Å²) in [7, 11) is 0. The van der Waals surface area contributed by atoms with Crippen LogP contribution in [0.15, 0.2) is 0 Å². The third-order valence-corrected chi connectivity index (χ3v) is 1.90. The molecule has 0 aromatic carbocycles. The van der Waals surface area contributed by atoms with Gasteiger partial charge in [0.2, 0.25) is 0 Å². The van der Waals surface area contributed by atoms with E-state index in [-0.39, 0.29) is 0 Å². The monoisotopic (exact) mass is 340 g/mol. The standard InChI is InChI=1S/C4H10I2N2/c5-3-1-2-4-7-8-6/h7-8H,1-4H2. The number of hydrogen-bond acceptors (Lipinski definition) is 2. The number of nitrogens with one attached hydrogen (secondary N) is 2. The van der Waals surface area contributed by atoms with Crippen molar-refractivity contribution in [3.63, 3.8) is 0 Å². The van der Waals surface area contributed by atoms with Gasteiger partial charge in [-0.05, 0) is 17.3 Å². The Labute approximate surface area is 77.8 Å². The quantitative estimate of drug-likeness (QED) is 0.262. The molecule has 0 saturated carbocycles. The topological polar surface area (TPSA) is 24.1 Å². The van der Waals surface area contributed by atoms with Gasteiger partial charge in [0.1, 0.15) is 0 Å². The Morgan fingerprint density at radius 2 is 2.00 bits per heavy atom. The Morgan fingerprint density at radius 1 is 1.25 bits per heavy atom. The molecule has 2 nitrogen and oxygen atoms in total. The third kappa shape index (κ3) is 7.38. The van der Waals surface area contributed by atoms with Crippen LogP contribution in [-0.4, -0.2) is 11.0 Å². The van der Waals surface area contributed by atoms with E-state index in [0.29, 0.717) is 0 Å². The number of unbranched alkanes of at least 4 members (excludes halogenated alkanes) is 1. The molecular formula is C4H10I2N2. The Bertz CT molecular complexity index is 37.0. The van der Waals surface area contributed by atoms with Gasteiger partial charge in [0, 0.05) is 29.4 Å². The minimum absolute atomic E-state index is 1.08. The van der Waals surface area contributed by atoms with Crippen LogP contribution in [0.5, 0.6) is 0 Å². The summed E-state index contributed by atoms with van der Waals surface area (Å²) in [6.07, 6.45) is 2.57. The first kappa shape index (κ1) is 9.38. The van der Waals surface area contributed by atoms with Crippen LogP contribution in [0.2, 0.25) is 0 Å². The molecule has 0 saturated heterocycles. The zero-order valence-electron chi connectivity index (χ0n) is 4.58. The first-order valence-corrected chi connectivity index (χ1v) is 5.16. The van der Waals surface area contributed by atoms with Crippen molar-refractivity contribution in [2.24, 2.45) is 0 Å². The molecule has 0 rings (SSSR count). The molecule has 0 fully saturated rings.